The summed E-state index contributed by atoms with van der Waals surface area (Å²) < 4.78 is 16.5. The van der Waals surface area contributed by atoms with Crippen molar-refractivity contribution >= 4 is 11.9 Å². The first-order valence-electron chi connectivity index (χ1n) is 11.4. The molecular formula is C28H32O5. The topological polar surface area (TPSA) is 65.0 Å². The summed E-state index contributed by atoms with van der Waals surface area (Å²) in [5.41, 5.74) is 4.00. The van der Waals surface area contributed by atoms with E-state index < -0.39 is 11.5 Å². The van der Waals surface area contributed by atoms with Gasteiger partial charge in [0, 0.05) is 22.6 Å². The Morgan fingerprint density at radius 1 is 1.03 bits per heavy atom. The third-order valence-electron chi connectivity index (χ3n) is 7.16. The highest BCUT2D eigenvalue weighted by atomic mass is 16.5. The number of aliphatic hydroxyl groups is 1. The molecule has 1 N–H and O–H groups in total. The van der Waals surface area contributed by atoms with Crippen molar-refractivity contribution in [1.29, 1.82) is 0 Å². The van der Waals surface area contributed by atoms with Crippen LogP contribution in [0.3, 0.4) is 0 Å². The third kappa shape index (κ3) is 4.18. The van der Waals surface area contributed by atoms with Crippen molar-refractivity contribution in [2.24, 2.45) is 5.41 Å². The lowest BCUT2D eigenvalue weighted by atomic mass is 9.57. The van der Waals surface area contributed by atoms with Gasteiger partial charge in [0.1, 0.15) is 5.75 Å². The number of rotatable bonds is 6. The number of carbonyl (C=O) groups is 1. The zero-order chi connectivity index (χ0) is 23.6. The maximum atomic E-state index is 13.5. The molecule has 0 unspecified atom stereocenters. The van der Waals surface area contributed by atoms with Gasteiger partial charge >= 0.3 is 0 Å². The fourth-order valence-corrected chi connectivity index (χ4v) is 5.50. The molecule has 0 aromatic heterocycles. The molecule has 0 spiro atoms. The fourth-order valence-electron chi connectivity index (χ4n) is 5.50. The minimum Gasteiger partial charge on any atom is -0.496 e. The van der Waals surface area contributed by atoms with Crippen molar-refractivity contribution < 1.29 is 24.1 Å². The first-order chi connectivity index (χ1) is 15.9. The number of methoxy groups -OCH3 is 3. The van der Waals surface area contributed by atoms with Crippen LogP contribution in [0.5, 0.6) is 17.2 Å². The van der Waals surface area contributed by atoms with Gasteiger partial charge in [-0.05, 0) is 62.3 Å². The molecule has 0 saturated heterocycles. The first-order valence-corrected chi connectivity index (χ1v) is 11.4. The summed E-state index contributed by atoms with van der Waals surface area (Å²) in [7, 11) is 4.75. The molecule has 33 heavy (non-hydrogen) atoms. The molecule has 2 aliphatic rings. The SMILES string of the molecule is COc1cc(OC)c(OC)cc1C=C1C[C@@]2(Cc3ccccc3)C(=C(C)C1=O)CCC[C@@H]2O. The van der Waals surface area contributed by atoms with E-state index in [2.05, 4.69) is 12.1 Å². The monoisotopic (exact) mass is 448 g/mol. The Morgan fingerprint density at radius 2 is 1.70 bits per heavy atom. The number of Topliss-reactive ketones (excluding diaryl/α,β-unsaturated/α-hetero) is 1. The Balaban J connectivity index is 1.84. The molecule has 174 valence electrons. The van der Waals surface area contributed by atoms with Crippen LogP contribution in [-0.2, 0) is 11.2 Å². The molecule has 2 aromatic rings. The summed E-state index contributed by atoms with van der Waals surface area (Å²) in [4.78, 5) is 13.5. The van der Waals surface area contributed by atoms with Crippen LogP contribution in [0.25, 0.3) is 6.08 Å². The van der Waals surface area contributed by atoms with E-state index in [1.54, 1.807) is 27.4 Å². The number of carbonyl (C=O) groups excluding carboxylic acids is 1. The largest absolute Gasteiger partial charge is 0.496 e. The van der Waals surface area contributed by atoms with Crippen molar-refractivity contribution in [3.63, 3.8) is 0 Å². The second-order valence-electron chi connectivity index (χ2n) is 8.95. The van der Waals surface area contributed by atoms with Crippen LogP contribution in [0.4, 0.5) is 0 Å². The molecule has 0 heterocycles. The molecule has 1 fully saturated rings. The third-order valence-corrected chi connectivity index (χ3v) is 7.16. The Kier molecular flexibility index (Phi) is 6.61. The quantitative estimate of drug-likeness (QED) is 0.619. The van der Waals surface area contributed by atoms with Crippen LogP contribution in [-0.4, -0.2) is 38.3 Å². The number of benzene rings is 2. The molecule has 2 atom stereocenters. The highest BCUT2D eigenvalue weighted by Crippen LogP contribution is 2.53. The Bertz CT molecular complexity index is 1100. The number of fused-ring (bicyclic) bond motifs is 1. The predicted molar refractivity (Wildman–Crippen MR) is 129 cm³/mol. The zero-order valence-electron chi connectivity index (χ0n) is 19.8. The molecule has 2 aromatic carbocycles. The van der Waals surface area contributed by atoms with Gasteiger partial charge in [-0.25, -0.2) is 0 Å². The lowest BCUT2D eigenvalue weighted by Gasteiger charge is -2.48. The standard InChI is InChI=1S/C28H32O5/c1-18-22-11-8-12-26(29)28(22,16-19-9-6-5-7-10-19)17-21(27(18)30)13-20-14-24(32-3)25(33-4)15-23(20)31-2/h5-7,9-10,13-15,26,29H,8,11-12,16-17H2,1-4H3/t26-,28-/m0/s1. The highest BCUT2D eigenvalue weighted by molar-refractivity contribution is 6.12. The normalized spacial score (nSPS) is 24.0. The zero-order valence-corrected chi connectivity index (χ0v) is 19.8. The summed E-state index contributed by atoms with van der Waals surface area (Å²) in [5, 5.41) is 11.3. The maximum absolute atomic E-state index is 13.5. The van der Waals surface area contributed by atoms with Gasteiger partial charge in [-0.1, -0.05) is 35.9 Å². The van der Waals surface area contributed by atoms with Gasteiger partial charge in [0.05, 0.1) is 27.4 Å². The second-order valence-corrected chi connectivity index (χ2v) is 8.95. The van der Waals surface area contributed by atoms with E-state index in [9.17, 15) is 9.90 Å². The minimum atomic E-state index is -0.500. The van der Waals surface area contributed by atoms with Crippen molar-refractivity contribution in [3.8, 4) is 17.2 Å². The van der Waals surface area contributed by atoms with E-state index in [4.69, 9.17) is 14.2 Å². The highest BCUT2D eigenvalue weighted by Gasteiger charge is 2.48. The summed E-state index contributed by atoms with van der Waals surface area (Å²) in [5.74, 6) is 1.77. The summed E-state index contributed by atoms with van der Waals surface area (Å²) >= 11 is 0. The van der Waals surface area contributed by atoms with Crippen molar-refractivity contribution in [3.05, 3.63) is 70.3 Å². The van der Waals surface area contributed by atoms with Gasteiger partial charge in [-0.3, -0.25) is 4.79 Å². The Labute approximate surface area is 195 Å². The molecule has 5 nitrogen and oxygen atoms in total. The van der Waals surface area contributed by atoms with Crippen molar-refractivity contribution in [2.75, 3.05) is 21.3 Å². The molecule has 0 radical (unpaired) electrons. The van der Waals surface area contributed by atoms with Crippen LogP contribution in [0, 0.1) is 5.41 Å². The fraction of sp³-hybridized carbons (Fsp3) is 0.393. The molecule has 0 aliphatic heterocycles. The van der Waals surface area contributed by atoms with Crippen LogP contribution in [0.15, 0.2) is 59.2 Å². The van der Waals surface area contributed by atoms with Gasteiger partial charge in [-0.15, -0.1) is 0 Å². The lowest BCUT2D eigenvalue weighted by molar-refractivity contribution is -0.113. The van der Waals surface area contributed by atoms with Crippen LogP contribution < -0.4 is 14.2 Å². The maximum Gasteiger partial charge on any atom is 0.184 e. The second kappa shape index (κ2) is 9.44. The minimum absolute atomic E-state index is 0.0413. The molecule has 0 bridgehead atoms. The molecule has 0 amide bonds. The van der Waals surface area contributed by atoms with Gasteiger partial charge in [0.25, 0.3) is 0 Å². The molecule has 1 saturated carbocycles. The van der Waals surface area contributed by atoms with E-state index in [0.29, 0.717) is 35.7 Å². The summed E-state index contributed by atoms with van der Waals surface area (Å²) in [6.45, 7) is 1.91. The average Bonchev–Trinajstić information content (AvgIpc) is 2.84. The number of hydrogen-bond donors (Lipinski definition) is 1. The number of aliphatic hydroxyl groups excluding tert-OH is 1. The van der Waals surface area contributed by atoms with Gasteiger partial charge in [-0.2, -0.15) is 0 Å². The summed E-state index contributed by atoms with van der Waals surface area (Å²) in [6, 6.07) is 13.8. The van der Waals surface area contributed by atoms with E-state index in [-0.39, 0.29) is 5.78 Å². The number of allylic oxidation sites excluding steroid dienone is 2. The smallest absolute Gasteiger partial charge is 0.184 e. The average molecular weight is 449 g/mol. The number of hydrogen-bond acceptors (Lipinski definition) is 5. The van der Waals surface area contributed by atoms with Crippen molar-refractivity contribution in [2.45, 2.75) is 45.1 Å². The number of ether oxygens (including phenoxy) is 3. The molecule has 5 heteroatoms. The van der Waals surface area contributed by atoms with Crippen molar-refractivity contribution in [1.82, 2.24) is 0 Å². The van der Waals surface area contributed by atoms with Crippen LogP contribution in [0.2, 0.25) is 0 Å². The molecule has 2 aliphatic carbocycles. The van der Waals surface area contributed by atoms with Gasteiger partial charge in [0.2, 0.25) is 0 Å². The number of ketones is 1. The van der Waals surface area contributed by atoms with Gasteiger partial charge < -0.3 is 19.3 Å². The Morgan fingerprint density at radius 3 is 2.36 bits per heavy atom. The van der Waals surface area contributed by atoms with Gasteiger partial charge in [0.15, 0.2) is 17.3 Å². The first kappa shape index (κ1) is 23.1. The molecular weight excluding hydrogens is 416 g/mol. The van der Waals surface area contributed by atoms with E-state index in [0.717, 1.165) is 36.0 Å². The van der Waals surface area contributed by atoms with Crippen LogP contribution >= 0.6 is 0 Å². The predicted octanol–water partition coefficient (Wildman–Crippen LogP) is 5.16. The van der Waals surface area contributed by atoms with Crippen LogP contribution in [0.1, 0.15) is 43.7 Å². The lowest BCUT2D eigenvalue weighted by Crippen LogP contribution is -2.46. The van der Waals surface area contributed by atoms with E-state index >= 15 is 0 Å². The molecule has 4 rings (SSSR count). The van der Waals surface area contributed by atoms with E-state index in [1.807, 2.05) is 37.3 Å². The van der Waals surface area contributed by atoms with E-state index in [1.165, 1.54) is 5.56 Å². The summed E-state index contributed by atoms with van der Waals surface area (Å²) in [6.07, 6.45) is 5.08. The Hall–Kier alpha value is -3.05.